The van der Waals surface area contributed by atoms with Gasteiger partial charge in [0.25, 0.3) is 0 Å². The molecule has 3 aliphatic rings. The van der Waals surface area contributed by atoms with Crippen LogP contribution in [0.25, 0.3) is 0 Å². The van der Waals surface area contributed by atoms with Crippen LogP contribution in [0.1, 0.15) is 51.4 Å². The molecule has 3 rings (SSSR count). The number of fused-ring (bicyclic) bond motifs is 1. The molecule has 2 N–H and O–H groups in total. The van der Waals surface area contributed by atoms with Crippen molar-refractivity contribution in [3.8, 4) is 0 Å². The van der Waals surface area contributed by atoms with Gasteiger partial charge in [0, 0.05) is 33.9 Å². The largest absolute Gasteiger partial charge is 1.00 e. The molecular weight excluding hydrogens is 376 g/mol. The predicted octanol–water partition coefficient (Wildman–Crippen LogP) is 1.46. The summed E-state index contributed by atoms with van der Waals surface area (Å²) in [6.07, 6.45) is 15.3. The number of carbonyl (C=O) groups is 2. The van der Waals surface area contributed by atoms with E-state index in [0.717, 1.165) is 12.2 Å². The number of rotatable bonds is 2. The summed E-state index contributed by atoms with van der Waals surface area (Å²) in [5.74, 6) is -1.96. The van der Waals surface area contributed by atoms with E-state index in [0.29, 0.717) is 0 Å². The van der Waals surface area contributed by atoms with Gasteiger partial charge in [-0.1, -0.05) is 38.0 Å². The van der Waals surface area contributed by atoms with Crippen LogP contribution in [0.4, 0.5) is 0 Å². The molecule has 4 nitrogen and oxygen atoms in total. The van der Waals surface area contributed by atoms with Gasteiger partial charge in [-0.05, 0) is 25.7 Å². The summed E-state index contributed by atoms with van der Waals surface area (Å²) < 4.78 is 0. The predicted molar refractivity (Wildman–Crippen MR) is 91.0 cm³/mol. The van der Waals surface area contributed by atoms with E-state index in [4.69, 9.17) is 10.2 Å². The van der Waals surface area contributed by atoms with E-state index < -0.39 is 11.9 Å². The molecule has 0 aromatic rings. The molecule has 0 unspecified atom stereocenters. The molecule has 0 fully saturated rings. The van der Waals surface area contributed by atoms with Crippen molar-refractivity contribution in [2.75, 3.05) is 0 Å². The molecule has 0 aliphatic heterocycles. The number of carboxylic acid groups (broad SMARTS) is 2. The van der Waals surface area contributed by atoms with Crippen LogP contribution in [-0.4, -0.2) is 22.2 Å². The molecule has 6 heteroatoms. The van der Waals surface area contributed by atoms with E-state index in [-0.39, 0.29) is 34.1 Å². The van der Waals surface area contributed by atoms with Crippen molar-refractivity contribution in [3.05, 3.63) is 54.0 Å². The van der Waals surface area contributed by atoms with Gasteiger partial charge in [0.1, 0.15) is 0 Å². The van der Waals surface area contributed by atoms with Gasteiger partial charge < -0.3 is 22.6 Å². The Kier molecular flexibility index (Phi) is 14.6. The number of allylic oxidation sites excluding steroid dienone is 4. The van der Waals surface area contributed by atoms with Crippen LogP contribution in [0.5, 0.6) is 0 Å². The van der Waals surface area contributed by atoms with Crippen LogP contribution in [0.2, 0.25) is 0 Å². The molecule has 0 aromatic heterocycles. The van der Waals surface area contributed by atoms with Crippen LogP contribution in [0, 0.1) is 6.42 Å². The number of aliphatic carboxylic acids is 2. The van der Waals surface area contributed by atoms with Gasteiger partial charge in [0.2, 0.25) is 0 Å². The van der Waals surface area contributed by atoms with E-state index in [1.165, 1.54) is 51.4 Å². The summed E-state index contributed by atoms with van der Waals surface area (Å²) in [6.45, 7) is 5.92. The first-order valence-corrected chi connectivity index (χ1v) is 7.96. The average Bonchev–Trinajstić information content (AvgIpc) is 2.94. The summed E-state index contributed by atoms with van der Waals surface area (Å²) in [4.78, 5) is 18.5. The Morgan fingerprint density at radius 1 is 0.920 bits per heavy atom. The Labute approximate surface area is 171 Å². The van der Waals surface area contributed by atoms with Crippen molar-refractivity contribution in [2.45, 2.75) is 51.4 Å². The molecule has 25 heavy (non-hydrogen) atoms. The van der Waals surface area contributed by atoms with Gasteiger partial charge in [0.05, 0.1) is 0 Å². The monoisotopic (exact) mass is 400 g/mol. The first-order chi connectivity index (χ1) is 11.0. The summed E-state index contributed by atoms with van der Waals surface area (Å²) >= 11 is 0. The van der Waals surface area contributed by atoms with Crippen LogP contribution < -0.4 is 12.4 Å². The van der Waals surface area contributed by atoms with Gasteiger partial charge in [-0.3, -0.25) is 0 Å². The third-order valence-electron chi connectivity index (χ3n) is 4.11. The van der Waals surface area contributed by atoms with E-state index in [1.807, 2.05) is 0 Å². The fraction of sp³-hybridized carbons (Fsp3) is 0.421. The average molecular weight is 401 g/mol. The molecule has 0 radical (unpaired) electrons. The van der Waals surface area contributed by atoms with E-state index in [9.17, 15) is 9.59 Å². The Hall–Kier alpha value is -1.23. The van der Waals surface area contributed by atoms with E-state index in [2.05, 4.69) is 19.6 Å². The number of hydrogen-bond acceptors (Lipinski definition) is 2. The maximum Gasteiger partial charge on any atom is 0.327 e. The van der Waals surface area contributed by atoms with Crippen molar-refractivity contribution in [3.63, 3.8) is 0 Å². The van der Waals surface area contributed by atoms with Gasteiger partial charge >= 0.3 is 11.9 Å². The summed E-state index contributed by atoms with van der Waals surface area (Å²) in [7, 11) is 0. The minimum Gasteiger partial charge on any atom is -1.00 e. The molecule has 0 atom stereocenters. The van der Waals surface area contributed by atoms with Crippen molar-refractivity contribution in [1.82, 2.24) is 0 Å². The van der Waals surface area contributed by atoms with Crippen LogP contribution in [0.3, 0.4) is 0 Å². The molecule has 0 spiro atoms. The maximum absolute atomic E-state index is 9.25. The normalized spacial score (nSPS) is 16.6. The van der Waals surface area contributed by atoms with Crippen molar-refractivity contribution < 1.29 is 53.9 Å². The SMILES string of the molecule is C=CC(=O)O.C=CC(=O)O.[CH-]1CCCC2=C1CC1=C2CCCC1.[Cl-].[Ti]. The van der Waals surface area contributed by atoms with E-state index in [1.54, 1.807) is 22.3 Å². The first-order valence-electron chi connectivity index (χ1n) is 7.96. The molecule has 3 aliphatic carbocycles. The summed E-state index contributed by atoms with van der Waals surface area (Å²) in [6, 6.07) is 0. The van der Waals surface area contributed by atoms with Crippen molar-refractivity contribution in [1.29, 1.82) is 0 Å². The van der Waals surface area contributed by atoms with Crippen LogP contribution in [-0.2, 0) is 31.3 Å². The molecule has 0 bridgehead atoms. The zero-order valence-electron chi connectivity index (χ0n) is 14.4. The third-order valence-corrected chi connectivity index (χ3v) is 4.11. The Balaban J connectivity index is 0. The number of carboxylic acids is 2. The zero-order chi connectivity index (χ0) is 17.2. The minimum absolute atomic E-state index is 0. The van der Waals surface area contributed by atoms with Gasteiger partial charge in [-0.2, -0.15) is 5.57 Å². The second-order valence-corrected chi connectivity index (χ2v) is 5.65. The Bertz CT molecular complexity index is 502. The molecule has 0 saturated heterocycles. The Morgan fingerprint density at radius 2 is 1.40 bits per heavy atom. The molecule has 0 saturated carbocycles. The van der Waals surface area contributed by atoms with Crippen molar-refractivity contribution >= 4 is 11.9 Å². The topological polar surface area (TPSA) is 74.6 Å². The van der Waals surface area contributed by atoms with Crippen LogP contribution >= 0.6 is 0 Å². The standard InChI is InChI=1S/C13H17.2C3H4O2.ClH.Ti/c1-3-7-12-10(5-1)9-11-6-2-4-8-13(11)12;2*1-2-3(4)5;;/h5H,1-4,6-9H2;2*2H,1H2,(H,4,5);1H;/q-1;;;;/p-1. The van der Waals surface area contributed by atoms with Gasteiger partial charge in [0.15, 0.2) is 0 Å². The molecule has 0 amide bonds. The second kappa shape index (κ2) is 14.0. The number of hydrogen-bond donors (Lipinski definition) is 2. The fourth-order valence-corrected chi connectivity index (χ4v) is 3.12. The fourth-order valence-electron chi connectivity index (χ4n) is 3.12. The minimum atomic E-state index is -0.981. The van der Waals surface area contributed by atoms with Gasteiger partial charge in [-0.25, -0.2) is 21.6 Å². The molecular formula is C19H25ClO4Ti-2. The molecule has 0 heterocycles. The van der Waals surface area contributed by atoms with E-state index >= 15 is 0 Å². The molecule has 138 valence electrons. The Morgan fingerprint density at radius 3 is 1.92 bits per heavy atom. The summed E-state index contributed by atoms with van der Waals surface area (Å²) in [5, 5.41) is 15.2. The third kappa shape index (κ3) is 9.15. The smallest absolute Gasteiger partial charge is 0.327 e. The van der Waals surface area contributed by atoms with Crippen molar-refractivity contribution in [2.24, 2.45) is 0 Å². The van der Waals surface area contributed by atoms with Crippen LogP contribution in [0.15, 0.2) is 47.6 Å². The maximum atomic E-state index is 9.25. The first kappa shape index (κ1) is 26.0. The zero-order valence-corrected chi connectivity index (χ0v) is 16.7. The van der Waals surface area contributed by atoms with Gasteiger partial charge in [-0.15, -0.1) is 12.0 Å². The second-order valence-electron chi connectivity index (χ2n) is 5.65. The quantitative estimate of drug-likeness (QED) is 0.418. The summed E-state index contributed by atoms with van der Waals surface area (Å²) in [5.41, 5.74) is 7.06. The number of halogens is 1. The molecule has 0 aromatic carbocycles.